The molecule has 5 heteroatoms. The van der Waals surface area contributed by atoms with Crippen LogP contribution in [0.1, 0.15) is 6.92 Å². The summed E-state index contributed by atoms with van der Waals surface area (Å²) < 4.78 is 5.74. The molecular weight excluding hydrogens is 345 g/mol. The van der Waals surface area contributed by atoms with Crippen LogP contribution in [-0.4, -0.2) is 12.0 Å². The Hall–Kier alpha value is -2.23. The highest BCUT2D eigenvalue weighted by atomic mass is 35.5. The first-order valence-electron chi connectivity index (χ1n) is 7.45. The Labute approximate surface area is 150 Å². The van der Waals surface area contributed by atoms with E-state index >= 15 is 0 Å². The van der Waals surface area contributed by atoms with Crippen molar-refractivity contribution in [2.24, 2.45) is 0 Å². The van der Waals surface area contributed by atoms with Crippen LogP contribution in [0.3, 0.4) is 0 Å². The van der Waals surface area contributed by atoms with Crippen molar-refractivity contribution < 1.29 is 9.53 Å². The molecule has 0 aliphatic carbocycles. The van der Waals surface area contributed by atoms with Gasteiger partial charge in [0.1, 0.15) is 5.75 Å². The fourth-order valence-corrected chi connectivity index (χ4v) is 2.83. The van der Waals surface area contributed by atoms with Gasteiger partial charge in [-0.05, 0) is 42.0 Å². The van der Waals surface area contributed by atoms with E-state index in [0.29, 0.717) is 21.5 Å². The summed E-state index contributed by atoms with van der Waals surface area (Å²) in [6, 6.07) is 18.7. The molecule has 0 saturated carbocycles. The molecule has 3 rings (SSSR count). The topological polar surface area (TPSA) is 38.3 Å². The average Bonchev–Trinajstić information content (AvgIpc) is 2.58. The Bertz CT molecular complexity index is 875. The maximum atomic E-state index is 12.3. The van der Waals surface area contributed by atoms with Gasteiger partial charge in [-0.3, -0.25) is 4.79 Å². The third-order valence-electron chi connectivity index (χ3n) is 3.61. The molecule has 122 valence electrons. The molecule has 3 aromatic carbocycles. The first kappa shape index (κ1) is 16.6. The summed E-state index contributed by atoms with van der Waals surface area (Å²) in [4.78, 5) is 12.3. The van der Waals surface area contributed by atoms with Crippen LogP contribution in [-0.2, 0) is 4.79 Å². The number of para-hydroxylation sites is 1. The summed E-state index contributed by atoms with van der Waals surface area (Å²) in [6.45, 7) is 1.68. The van der Waals surface area contributed by atoms with Crippen molar-refractivity contribution in [2.45, 2.75) is 13.0 Å². The lowest BCUT2D eigenvalue weighted by molar-refractivity contribution is -0.122. The van der Waals surface area contributed by atoms with Gasteiger partial charge in [0, 0.05) is 0 Å². The Balaban J connectivity index is 1.73. The maximum absolute atomic E-state index is 12.3. The summed E-state index contributed by atoms with van der Waals surface area (Å²) in [5, 5.41) is 5.64. The third kappa shape index (κ3) is 3.64. The van der Waals surface area contributed by atoms with E-state index in [4.69, 9.17) is 27.9 Å². The summed E-state index contributed by atoms with van der Waals surface area (Å²) in [7, 11) is 0. The number of ether oxygens (including phenoxy) is 1. The van der Waals surface area contributed by atoms with Gasteiger partial charge in [0.25, 0.3) is 5.91 Å². The van der Waals surface area contributed by atoms with Gasteiger partial charge in [0.2, 0.25) is 0 Å². The Morgan fingerprint density at radius 1 is 0.958 bits per heavy atom. The second kappa shape index (κ2) is 7.12. The second-order valence-electron chi connectivity index (χ2n) is 5.35. The highest BCUT2D eigenvalue weighted by Gasteiger charge is 2.17. The first-order valence-corrected chi connectivity index (χ1v) is 8.20. The molecule has 0 aliphatic heterocycles. The van der Waals surface area contributed by atoms with E-state index in [2.05, 4.69) is 5.32 Å². The predicted molar refractivity (Wildman–Crippen MR) is 99.1 cm³/mol. The average molecular weight is 360 g/mol. The number of nitrogens with one attached hydrogen (secondary N) is 1. The molecular formula is C19H15Cl2NO2. The minimum Gasteiger partial charge on any atom is -0.481 e. The van der Waals surface area contributed by atoms with Crippen LogP contribution in [0.4, 0.5) is 5.69 Å². The van der Waals surface area contributed by atoms with Crippen molar-refractivity contribution in [2.75, 3.05) is 5.32 Å². The van der Waals surface area contributed by atoms with Crippen molar-refractivity contribution in [3.05, 3.63) is 70.7 Å². The van der Waals surface area contributed by atoms with E-state index in [1.165, 1.54) is 0 Å². The standard InChI is InChI=1S/C19H15Cl2NO2/c1-12(19(23)22-18-16(20)7-4-8-17(18)21)24-15-10-9-13-5-2-3-6-14(13)11-15/h2-12H,1H3,(H,22,23)/t12-/m0/s1. The molecule has 1 amide bonds. The van der Waals surface area contributed by atoms with Gasteiger partial charge in [0.15, 0.2) is 6.10 Å². The second-order valence-corrected chi connectivity index (χ2v) is 6.17. The minimum atomic E-state index is -0.696. The number of carbonyl (C=O) groups excluding carboxylic acids is 1. The zero-order valence-corrected chi connectivity index (χ0v) is 14.4. The fraction of sp³-hybridized carbons (Fsp3) is 0.105. The van der Waals surface area contributed by atoms with Gasteiger partial charge in [-0.25, -0.2) is 0 Å². The van der Waals surface area contributed by atoms with E-state index in [1.807, 2.05) is 42.5 Å². The summed E-state index contributed by atoms with van der Waals surface area (Å²) in [5.74, 6) is 0.305. The van der Waals surface area contributed by atoms with Gasteiger partial charge >= 0.3 is 0 Å². The fourth-order valence-electron chi connectivity index (χ4n) is 2.34. The minimum absolute atomic E-state index is 0.321. The Kier molecular flexibility index (Phi) is 4.93. The number of benzene rings is 3. The van der Waals surface area contributed by atoms with Crippen molar-refractivity contribution in [1.29, 1.82) is 0 Å². The molecule has 24 heavy (non-hydrogen) atoms. The van der Waals surface area contributed by atoms with Crippen LogP contribution in [0, 0.1) is 0 Å². The number of halogens is 2. The molecule has 0 aliphatic rings. The molecule has 3 nitrogen and oxygen atoms in total. The molecule has 0 heterocycles. The summed E-state index contributed by atoms with van der Waals surface area (Å²) >= 11 is 12.1. The van der Waals surface area contributed by atoms with E-state index in [-0.39, 0.29) is 5.91 Å². The highest BCUT2D eigenvalue weighted by molar-refractivity contribution is 6.39. The van der Waals surface area contributed by atoms with Crippen LogP contribution >= 0.6 is 23.2 Å². The van der Waals surface area contributed by atoms with E-state index in [1.54, 1.807) is 25.1 Å². The van der Waals surface area contributed by atoms with Gasteiger partial charge in [-0.2, -0.15) is 0 Å². The van der Waals surface area contributed by atoms with E-state index in [9.17, 15) is 4.79 Å². The Morgan fingerprint density at radius 3 is 2.33 bits per heavy atom. The monoisotopic (exact) mass is 359 g/mol. The summed E-state index contributed by atoms with van der Waals surface area (Å²) in [5.41, 5.74) is 0.389. The van der Waals surface area contributed by atoms with Gasteiger partial charge in [-0.1, -0.05) is 59.6 Å². The number of carbonyl (C=O) groups is 1. The number of hydrogen-bond acceptors (Lipinski definition) is 2. The number of hydrogen-bond donors (Lipinski definition) is 1. The van der Waals surface area contributed by atoms with Gasteiger partial charge in [-0.15, -0.1) is 0 Å². The predicted octanol–water partition coefficient (Wildman–Crippen LogP) is 5.55. The number of amides is 1. The molecule has 1 N–H and O–H groups in total. The van der Waals surface area contributed by atoms with Crippen LogP contribution in [0.15, 0.2) is 60.7 Å². The largest absolute Gasteiger partial charge is 0.481 e. The lowest BCUT2D eigenvalue weighted by atomic mass is 10.1. The molecule has 0 bridgehead atoms. The smallest absolute Gasteiger partial charge is 0.265 e. The van der Waals surface area contributed by atoms with Crippen molar-refractivity contribution in [3.8, 4) is 5.75 Å². The number of fused-ring (bicyclic) bond motifs is 1. The maximum Gasteiger partial charge on any atom is 0.265 e. The van der Waals surface area contributed by atoms with Crippen LogP contribution in [0.5, 0.6) is 5.75 Å². The van der Waals surface area contributed by atoms with Crippen LogP contribution in [0.25, 0.3) is 10.8 Å². The SMILES string of the molecule is C[C@H](Oc1ccc2ccccc2c1)C(=O)Nc1c(Cl)cccc1Cl. The Morgan fingerprint density at radius 2 is 1.62 bits per heavy atom. The van der Waals surface area contributed by atoms with Gasteiger partial charge < -0.3 is 10.1 Å². The quantitative estimate of drug-likeness (QED) is 0.662. The van der Waals surface area contributed by atoms with Crippen LogP contribution < -0.4 is 10.1 Å². The molecule has 0 aromatic heterocycles. The number of anilines is 1. The molecule has 0 unspecified atom stereocenters. The lowest BCUT2D eigenvalue weighted by Gasteiger charge is -2.16. The normalized spacial score (nSPS) is 12.0. The van der Waals surface area contributed by atoms with Gasteiger partial charge in [0.05, 0.1) is 15.7 Å². The van der Waals surface area contributed by atoms with Crippen molar-refractivity contribution in [3.63, 3.8) is 0 Å². The van der Waals surface area contributed by atoms with E-state index in [0.717, 1.165) is 10.8 Å². The summed E-state index contributed by atoms with van der Waals surface area (Å²) in [6.07, 6.45) is -0.696. The van der Waals surface area contributed by atoms with Crippen LogP contribution in [0.2, 0.25) is 10.0 Å². The molecule has 0 saturated heterocycles. The third-order valence-corrected chi connectivity index (χ3v) is 4.24. The van der Waals surface area contributed by atoms with Crippen molar-refractivity contribution in [1.82, 2.24) is 0 Å². The molecule has 3 aromatic rings. The zero-order valence-electron chi connectivity index (χ0n) is 12.9. The van der Waals surface area contributed by atoms with E-state index < -0.39 is 6.10 Å². The molecule has 0 fully saturated rings. The van der Waals surface area contributed by atoms with Crippen molar-refractivity contribution >= 4 is 45.6 Å². The molecule has 0 spiro atoms. The lowest BCUT2D eigenvalue weighted by Crippen LogP contribution is -2.30. The number of rotatable bonds is 4. The molecule has 1 atom stereocenters. The zero-order chi connectivity index (χ0) is 17.1. The molecule has 0 radical (unpaired) electrons. The first-order chi connectivity index (χ1) is 11.5. The highest BCUT2D eigenvalue weighted by Crippen LogP contribution is 2.30.